The highest BCUT2D eigenvalue weighted by atomic mass is 16.6. The molecule has 1 aromatic heterocycles. The van der Waals surface area contributed by atoms with Crippen LogP contribution >= 0.6 is 0 Å². The van der Waals surface area contributed by atoms with E-state index in [0.29, 0.717) is 5.56 Å². The number of amides is 1. The van der Waals surface area contributed by atoms with Crippen molar-refractivity contribution in [3.63, 3.8) is 0 Å². The molecule has 0 fully saturated rings. The van der Waals surface area contributed by atoms with Crippen molar-refractivity contribution in [2.75, 3.05) is 6.54 Å². The van der Waals surface area contributed by atoms with E-state index in [2.05, 4.69) is 5.32 Å². The first-order valence-electron chi connectivity index (χ1n) is 6.32. The molecule has 2 N–H and O–H groups in total. The fourth-order valence-corrected chi connectivity index (χ4v) is 1.98. The molecule has 0 aliphatic carbocycles. The highest BCUT2D eigenvalue weighted by Crippen LogP contribution is 2.15. The van der Waals surface area contributed by atoms with Gasteiger partial charge in [-0.15, -0.1) is 0 Å². The summed E-state index contributed by atoms with van der Waals surface area (Å²) in [5.41, 5.74) is 0.859. The third-order valence-corrected chi connectivity index (χ3v) is 3.16. The van der Waals surface area contributed by atoms with Crippen LogP contribution in [0.1, 0.15) is 22.2 Å². The Balaban J connectivity index is 2.01. The van der Waals surface area contributed by atoms with Gasteiger partial charge in [0, 0.05) is 12.6 Å². The third kappa shape index (κ3) is 3.26. The van der Waals surface area contributed by atoms with Crippen LogP contribution < -0.4 is 5.32 Å². The van der Waals surface area contributed by atoms with Crippen molar-refractivity contribution in [2.45, 2.75) is 6.10 Å². The number of carbonyl (C=O) groups excluding carboxylic acids is 1. The Morgan fingerprint density at radius 1 is 1.33 bits per heavy atom. The van der Waals surface area contributed by atoms with Gasteiger partial charge in [-0.2, -0.15) is 0 Å². The molecule has 21 heavy (non-hydrogen) atoms. The number of nitrogens with one attached hydrogen (secondary N) is 1. The predicted molar refractivity (Wildman–Crippen MR) is 75.8 cm³/mol. The summed E-state index contributed by atoms with van der Waals surface area (Å²) in [5.74, 6) is -0.635. The molecule has 1 unspecified atom stereocenters. The van der Waals surface area contributed by atoms with Crippen LogP contribution in [0.15, 0.2) is 42.5 Å². The van der Waals surface area contributed by atoms with Crippen molar-refractivity contribution < 1.29 is 14.8 Å². The smallest absolute Gasteiger partial charge is 0.323 e. The van der Waals surface area contributed by atoms with Gasteiger partial charge in [0.25, 0.3) is 5.91 Å². The molecule has 1 atom stereocenters. The van der Waals surface area contributed by atoms with Crippen LogP contribution in [0.3, 0.4) is 0 Å². The summed E-state index contributed by atoms with van der Waals surface area (Å²) in [5, 5.41) is 23.2. The summed E-state index contributed by atoms with van der Waals surface area (Å²) >= 11 is 0. The van der Waals surface area contributed by atoms with Crippen molar-refractivity contribution in [2.24, 2.45) is 7.05 Å². The van der Waals surface area contributed by atoms with Gasteiger partial charge in [0.05, 0.1) is 13.2 Å². The second-order valence-electron chi connectivity index (χ2n) is 4.53. The summed E-state index contributed by atoms with van der Waals surface area (Å²) < 4.78 is 1.20. The quantitative estimate of drug-likeness (QED) is 0.642. The largest absolute Gasteiger partial charge is 0.387 e. The summed E-state index contributed by atoms with van der Waals surface area (Å²) in [7, 11) is 1.45. The van der Waals surface area contributed by atoms with Crippen LogP contribution in [-0.4, -0.2) is 27.0 Å². The van der Waals surface area contributed by atoms with E-state index in [-0.39, 0.29) is 18.1 Å². The van der Waals surface area contributed by atoms with Crippen molar-refractivity contribution in [3.8, 4) is 0 Å². The molecule has 1 heterocycles. The van der Waals surface area contributed by atoms with Gasteiger partial charge in [0.1, 0.15) is 0 Å². The first kappa shape index (κ1) is 14.7. The number of nitro groups is 1. The third-order valence-electron chi connectivity index (χ3n) is 3.16. The number of hydrogen-bond donors (Lipinski definition) is 2. The van der Waals surface area contributed by atoms with Gasteiger partial charge in [-0.1, -0.05) is 30.3 Å². The lowest BCUT2D eigenvalue weighted by Gasteiger charge is -2.11. The van der Waals surface area contributed by atoms with E-state index < -0.39 is 16.9 Å². The average molecular weight is 289 g/mol. The number of aliphatic hydroxyl groups excluding tert-OH is 1. The second-order valence-corrected chi connectivity index (χ2v) is 4.53. The number of rotatable bonds is 5. The van der Waals surface area contributed by atoms with Crippen molar-refractivity contribution in [3.05, 3.63) is 63.8 Å². The first-order valence-corrected chi connectivity index (χ1v) is 6.32. The van der Waals surface area contributed by atoms with Gasteiger partial charge in [-0.25, -0.2) is 4.57 Å². The number of aromatic nitrogens is 1. The molecule has 1 amide bonds. The van der Waals surface area contributed by atoms with Crippen molar-refractivity contribution in [1.82, 2.24) is 9.88 Å². The molecule has 7 nitrogen and oxygen atoms in total. The number of benzene rings is 1. The fourth-order valence-electron chi connectivity index (χ4n) is 1.98. The summed E-state index contributed by atoms with van der Waals surface area (Å²) in [6.07, 6.45) is -0.828. The van der Waals surface area contributed by atoms with Crippen LogP contribution in [0.5, 0.6) is 0 Å². The summed E-state index contributed by atoms with van der Waals surface area (Å²) in [4.78, 5) is 22.1. The Hall–Kier alpha value is -2.67. The van der Waals surface area contributed by atoms with E-state index in [9.17, 15) is 20.0 Å². The SMILES string of the molecule is Cn1c(C(=O)NCC(O)c2ccccc2)ccc1[N+](=O)[O-]. The maximum atomic E-state index is 12.0. The lowest BCUT2D eigenvalue weighted by molar-refractivity contribution is -0.391. The molecule has 1 aromatic carbocycles. The van der Waals surface area contributed by atoms with E-state index in [4.69, 9.17) is 0 Å². The molecule has 0 spiro atoms. The normalized spacial score (nSPS) is 11.9. The molecular formula is C14H15N3O4. The van der Waals surface area contributed by atoms with Crippen LogP contribution in [0, 0.1) is 10.1 Å². The molecule has 2 aromatic rings. The minimum Gasteiger partial charge on any atom is -0.387 e. The van der Waals surface area contributed by atoms with E-state index in [1.54, 1.807) is 24.3 Å². The summed E-state index contributed by atoms with van der Waals surface area (Å²) in [6, 6.07) is 11.6. The molecule has 0 bridgehead atoms. The van der Waals surface area contributed by atoms with Crippen LogP contribution in [0.4, 0.5) is 5.82 Å². The van der Waals surface area contributed by atoms with Crippen LogP contribution in [0.2, 0.25) is 0 Å². The zero-order valence-electron chi connectivity index (χ0n) is 11.4. The Bertz CT molecular complexity index is 651. The Morgan fingerprint density at radius 2 is 2.00 bits per heavy atom. The van der Waals surface area contributed by atoms with E-state index in [1.165, 1.54) is 23.7 Å². The first-order chi connectivity index (χ1) is 10.0. The van der Waals surface area contributed by atoms with Gasteiger partial charge in [0.15, 0.2) is 5.69 Å². The Labute approximate surface area is 121 Å². The molecule has 0 radical (unpaired) electrons. The maximum absolute atomic E-state index is 12.0. The molecule has 0 saturated heterocycles. The van der Waals surface area contributed by atoms with E-state index in [1.807, 2.05) is 6.07 Å². The van der Waals surface area contributed by atoms with Crippen molar-refractivity contribution >= 4 is 11.7 Å². The number of nitrogens with zero attached hydrogens (tertiary/aromatic N) is 2. The number of aliphatic hydroxyl groups is 1. The highest BCUT2D eigenvalue weighted by molar-refractivity contribution is 5.93. The monoisotopic (exact) mass is 289 g/mol. The molecule has 7 heteroatoms. The minimum atomic E-state index is -0.828. The van der Waals surface area contributed by atoms with E-state index in [0.717, 1.165) is 0 Å². The zero-order chi connectivity index (χ0) is 15.4. The van der Waals surface area contributed by atoms with Gasteiger partial charge in [0.2, 0.25) is 0 Å². The topological polar surface area (TPSA) is 97.4 Å². The second kappa shape index (κ2) is 6.19. The van der Waals surface area contributed by atoms with Crippen LogP contribution in [0.25, 0.3) is 0 Å². The molecule has 2 rings (SSSR count). The Kier molecular flexibility index (Phi) is 4.34. The molecule has 110 valence electrons. The number of carbonyl (C=O) groups is 1. The molecule has 0 aliphatic rings. The fraction of sp³-hybridized carbons (Fsp3) is 0.214. The molecular weight excluding hydrogens is 274 g/mol. The molecule has 0 saturated carbocycles. The van der Waals surface area contributed by atoms with Gasteiger partial charge < -0.3 is 20.5 Å². The average Bonchev–Trinajstić information content (AvgIpc) is 2.87. The molecule has 0 aliphatic heterocycles. The Morgan fingerprint density at radius 3 is 2.57 bits per heavy atom. The van der Waals surface area contributed by atoms with E-state index >= 15 is 0 Å². The summed E-state index contributed by atoms with van der Waals surface area (Å²) in [6.45, 7) is 0.0296. The predicted octanol–water partition coefficient (Wildman–Crippen LogP) is 1.40. The zero-order valence-corrected chi connectivity index (χ0v) is 11.4. The lowest BCUT2D eigenvalue weighted by Crippen LogP contribution is -2.29. The van der Waals surface area contributed by atoms with Crippen LogP contribution in [-0.2, 0) is 7.05 Å². The van der Waals surface area contributed by atoms with Crippen molar-refractivity contribution in [1.29, 1.82) is 0 Å². The van der Waals surface area contributed by atoms with Gasteiger partial charge in [-0.3, -0.25) is 4.79 Å². The lowest BCUT2D eigenvalue weighted by atomic mass is 10.1. The minimum absolute atomic E-state index is 0.0296. The maximum Gasteiger partial charge on any atom is 0.323 e. The number of hydrogen-bond acceptors (Lipinski definition) is 4. The van der Waals surface area contributed by atoms with Gasteiger partial charge >= 0.3 is 5.82 Å². The standard InChI is InChI=1S/C14H15N3O4/c1-16-11(7-8-13(16)17(20)21)14(19)15-9-12(18)10-5-3-2-4-6-10/h2-8,12,18H,9H2,1H3,(H,15,19). The van der Waals surface area contributed by atoms with Gasteiger partial charge in [-0.05, 0) is 16.6 Å². The highest BCUT2D eigenvalue weighted by Gasteiger charge is 2.21.